The van der Waals surface area contributed by atoms with Gasteiger partial charge in [0.05, 0.1) is 12.5 Å². The van der Waals surface area contributed by atoms with E-state index in [0.717, 1.165) is 24.0 Å². The summed E-state index contributed by atoms with van der Waals surface area (Å²) in [6.07, 6.45) is 0.205. The van der Waals surface area contributed by atoms with Crippen LogP contribution in [0.3, 0.4) is 0 Å². The van der Waals surface area contributed by atoms with Crippen molar-refractivity contribution in [2.24, 2.45) is 11.7 Å². The van der Waals surface area contributed by atoms with Crippen molar-refractivity contribution in [3.8, 4) is 0 Å². The van der Waals surface area contributed by atoms with Crippen LogP contribution >= 0.6 is 0 Å². The van der Waals surface area contributed by atoms with Crippen molar-refractivity contribution in [3.05, 3.63) is 46.5 Å². The minimum absolute atomic E-state index is 0.0276. The predicted molar refractivity (Wildman–Crippen MR) is 115 cm³/mol. The van der Waals surface area contributed by atoms with Crippen LogP contribution in [0.1, 0.15) is 56.1 Å². The summed E-state index contributed by atoms with van der Waals surface area (Å²) in [5.74, 6) is -0.337. The summed E-state index contributed by atoms with van der Waals surface area (Å²) >= 11 is 0. The van der Waals surface area contributed by atoms with Crippen LogP contribution in [-0.2, 0) is 20.9 Å². The summed E-state index contributed by atoms with van der Waals surface area (Å²) in [7, 11) is 0. The summed E-state index contributed by atoms with van der Waals surface area (Å²) in [5.41, 5.74) is 9.37. The van der Waals surface area contributed by atoms with Crippen LogP contribution in [0.2, 0.25) is 0 Å². The Kier molecular flexibility index (Phi) is 6.46. The zero-order valence-electron chi connectivity index (χ0n) is 18.0. The molecule has 2 aliphatic heterocycles. The topological polar surface area (TPSA) is 113 Å². The Morgan fingerprint density at radius 1 is 1.19 bits per heavy atom. The second kappa shape index (κ2) is 9.10. The number of nitrogens with zero attached hydrogens (tertiary/aromatic N) is 1. The number of nitrogens with two attached hydrogens (primary N) is 1. The van der Waals surface area contributed by atoms with Gasteiger partial charge in [0.1, 0.15) is 12.2 Å². The van der Waals surface area contributed by atoms with Gasteiger partial charge in [-0.3, -0.25) is 4.79 Å². The summed E-state index contributed by atoms with van der Waals surface area (Å²) in [6, 6.07) is 8.34. The number of aliphatic hydroxyl groups is 2. The van der Waals surface area contributed by atoms with E-state index in [1.807, 2.05) is 24.0 Å². The number of ether oxygens (including phenoxy) is 1. The van der Waals surface area contributed by atoms with Gasteiger partial charge in [-0.1, -0.05) is 29.8 Å². The summed E-state index contributed by atoms with van der Waals surface area (Å²) in [5, 5.41) is 20.1. The Hall–Kier alpha value is -2.22. The van der Waals surface area contributed by atoms with Crippen molar-refractivity contribution in [2.45, 2.75) is 69.8 Å². The van der Waals surface area contributed by atoms with E-state index in [1.54, 1.807) is 0 Å². The van der Waals surface area contributed by atoms with E-state index < -0.39 is 24.3 Å². The zero-order chi connectivity index (χ0) is 22.1. The van der Waals surface area contributed by atoms with Crippen molar-refractivity contribution in [1.29, 1.82) is 0 Å². The van der Waals surface area contributed by atoms with Crippen LogP contribution in [-0.4, -0.2) is 58.4 Å². The van der Waals surface area contributed by atoms with Crippen LogP contribution < -0.4 is 5.73 Å². The number of aliphatic hydroxyl groups excluding tert-OH is 2. The maximum atomic E-state index is 13.0. The summed E-state index contributed by atoms with van der Waals surface area (Å²) in [6.45, 7) is 3.69. The molecule has 0 aromatic heterocycles. The standard InChI is InChI=1S/C24H32N2O5/c1-14-18-5-6-20(27)22(29)23(18)31-24(30)19(14)12-21(28)26-9-7-16(8-10-26)17-4-2-3-15(11-17)13-25/h2-4,11,16,18,20,22-23,27,29H,5-10,12-13,25H2,1H3. The quantitative estimate of drug-likeness (QED) is 0.628. The zero-order valence-corrected chi connectivity index (χ0v) is 18.0. The number of esters is 1. The minimum atomic E-state index is -1.08. The molecule has 4 rings (SSSR count). The lowest BCUT2D eigenvalue weighted by atomic mass is 9.75. The number of rotatable bonds is 4. The van der Waals surface area contributed by atoms with Crippen LogP contribution in [0.4, 0.5) is 0 Å². The molecule has 0 spiro atoms. The lowest BCUT2D eigenvalue weighted by Crippen LogP contribution is -2.51. The van der Waals surface area contributed by atoms with E-state index >= 15 is 0 Å². The molecule has 0 radical (unpaired) electrons. The first kappa shape index (κ1) is 22.0. The molecule has 1 amide bonds. The molecule has 7 heteroatoms. The number of carbonyl (C=O) groups excluding carboxylic acids is 2. The fraction of sp³-hybridized carbons (Fsp3) is 0.583. The minimum Gasteiger partial charge on any atom is -0.455 e. The fourth-order valence-electron chi connectivity index (χ4n) is 5.25. The van der Waals surface area contributed by atoms with Gasteiger partial charge in [-0.2, -0.15) is 0 Å². The highest BCUT2D eigenvalue weighted by atomic mass is 16.6. The summed E-state index contributed by atoms with van der Waals surface area (Å²) in [4.78, 5) is 27.4. The molecule has 4 atom stereocenters. The van der Waals surface area contributed by atoms with Crippen molar-refractivity contribution in [1.82, 2.24) is 4.90 Å². The van der Waals surface area contributed by atoms with Gasteiger partial charge in [0, 0.05) is 31.1 Å². The van der Waals surface area contributed by atoms with Gasteiger partial charge in [0.15, 0.2) is 0 Å². The number of hydrogen-bond acceptors (Lipinski definition) is 6. The molecule has 1 saturated heterocycles. The van der Waals surface area contributed by atoms with Crippen LogP contribution in [0, 0.1) is 5.92 Å². The highest BCUT2D eigenvalue weighted by Crippen LogP contribution is 2.39. The molecule has 31 heavy (non-hydrogen) atoms. The number of amides is 1. The Balaban J connectivity index is 1.39. The van der Waals surface area contributed by atoms with E-state index in [0.29, 0.717) is 44.0 Å². The molecule has 0 bridgehead atoms. The van der Waals surface area contributed by atoms with Crippen molar-refractivity contribution in [2.75, 3.05) is 13.1 Å². The highest BCUT2D eigenvalue weighted by molar-refractivity contribution is 5.96. The van der Waals surface area contributed by atoms with Gasteiger partial charge in [-0.05, 0) is 49.7 Å². The second-order valence-corrected chi connectivity index (χ2v) is 9.05. The average molecular weight is 429 g/mol. The monoisotopic (exact) mass is 428 g/mol. The molecule has 1 saturated carbocycles. The van der Waals surface area contributed by atoms with Gasteiger partial charge < -0.3 is 25.6 Å². The van der Waals surface area contributed by atoms with E-state index in [1.165, 1.54) is 5.56 Å². The normalized spacial score (nSPS) is 29.5. The molecule has 4 unspecified atom stereocenters. The molecule has 3 aliphatic rings. The van der Waals surface area contributed by atoms with Crippen molar-refractivity contribution >= 4 is 11.9 Å². The molecular weight excluding hydrogens is 396 g/mol. The second-order valence-electron chi connectivity index (χ2n) is 9.05. The largest absolute Gasteiger partial charge is 0.455 e. The lowest BCUT2D eigenvalue weighted by molar-refractivity contribution is -0.170. The Labute approximate surface area is 182 Å². The third-order valence-electron chi connectivity index (χ3n) is 7.26. The average Bonchev–Trinajstić information content (AvgIpc) is 2.79. The van der Waals surface area contributed by atoms with Gasteiger partial charge in [-0.25, -0.2) is 4.79 Å². The first-order chi connectivity index (χ1) is 14.9. The third-order valence-corrected chi connectivity index (χ3v) is 7.26. The van der Waals surface area contributed by atoms with E-state index in [-0.39, 0.29) is 18.2 Å². The molecule has 1 aromatic rings. The van der Waals surface area contributed by atoms with Crippen LogP contribution in [0.25, 0.3) is 0 Å². The maximum absolute atomic E-state index is 13.0. The van der Waals surface area contributed by atoms with E-state index in [9.17, 15) is 19.8 Å². The Bertz CT molecular complexity index is 874. The molecule has 7 nitrogen and oxygen atoms in total. The molecule has 168 valence electrons. The van der Waals surface area contributed by atoms with Crippen molar-refractivity contribution < 1.29 is 24.5 Å². The number of carbonyl (C=O) groups is 2. The molecule has 2 heterocycles. The van der Waals surface area contributed by atoms with Crippen molar-refractivity contribution in [3.63, 3.8) is 0 Å². The number of likely N-dealkylation sites (tertiary alicyclic amines) is 1. The number of hydrogen-bond donors (Lipinski definition) is 3. The Morgan fingerprint density at radius 2 is 1.94 bits per heavy atom. The third kappa shape index (κ3) is 4.40. The lowest BCUT2D eigenvalue weighted by Gasteiger charge is -2.42. The first-order valence-electron chi connectivity index (χ1n) is 11.2. The molecule has 4 N–H and O–H groups in total. The molecule has 1 aliphatic carbocycles. The van der Waals surface area contributed by atoms with E-state index in [2.05, 4.69) is 12.1 Å². The van der Waals surface area contributed by atoms with Gasteiger partial charge in [0.2, 0.25) is 5.91 Å². The first-order valence-corrected chi connectivity index (χ1v) is 11.2. The highest BCUT2D eigenvalue weighted by Gasteiger charge is 2.45. The van der Waals surface area contributed by atoms with Gasteiger partial charge >= 0.3 is 5.97 Å². The number of fused-ring (bicyclic) bond motifs is 1. The van der Waals surface area contributed by atoms with Gasteiger partial charge in [0.25, 0.3) is 0 Å². The molecule has 1 aromatic carbocycles. The molecule has 2 fully saturated rings. The van der Waals surface area contributed by atoms with Gasteiger partial charge in [-0.15, -0.1) is 0 Å². The molecular formula is C24H32N2O5. The van der Waals surface area contributed by atoms with E-state index in [4.69, 9.17) is 10.5 Å². The number of benzene rings is 1. The predicted octanol–water partition coefficient (Wildman–Crippen LogP) is 1.62. The number of piperidine rings is 1. The maximum Gasteiger partial charge on any atom is 0.334 e. The van der Waals surface area contributed by atoms with Crippen LogP contribution in [0.15, 0.2) is 35.4 Å². The fourth-order valence-corrected chi connectivity index (χ4v) is 5.25. The Morgan fingerprint density at radius 3 is 2.65 bits per heavy atom. The summed E-state index contributed by atoms with van der Waals surface area (Å²) < 4.78 is 5.45. The SMILES string of the molecule is CC1=C(CC(=O)N2CCC(c3cccc(CN)c3)CC2)C(=O)OC2C1CCC(O)C2O. The smallest absolute Gasteiger partial charge is 0.334 e. The van der Waals surface area contributed by atoms with Crippen LogP contribution in [0.5, 0.6) is 0 Å².